The molecule has 3 aromatic rings. The molecule has 1 aromatic carbocycles. The van der Waals surface area contributed by atoms with Crippen LogP contribution in [0.1, 0.15) is 6.92 Å². The minimum Gasteiger partial charge on any atom is -0.353 e. The van der Waals surface area contributed by atoms with Gasteiger partial charge in [0.25, 0.3) is 0 Å². The van der Waals surface area contributed by atoms with Gasteiger partial charge in [0.05, 0.1) is 22.7 Å². The van der Waals surface area contributed by atoms with Gasteiger partial charge in [-0.15, -0.1) is 0 Å². The predicted molar refractivity (Wildman–Crippen MR) is 124 cm³/mol. The van der Waals surface area contributed by atoms with Gasteiger partial charge in [-0.1, -0.05) is 35.3 Å². The third-order valence-electron chi connectivity index (χ3n) is 5.23. The van der Waals surface area contributed by atoms with E-state index in [-0.39, 0.29) is 5.75 Å². The Hall–Kier alpha value is -2.26. The maximum absolute atomic E-state index is 12.1. The van der Waals surface area contributed by atoms with Crippen LogP contribution in [0.5, 0.6) is 0 Å². The number of nitrogens with zero attached hydrogens (tertiary/aromatic N) is 5. The Labute approximate surface area is 191 Å². The largest absolute Gasteiger partial charge is 0.353 e. The fourth-order valence-electron chi connectivity index (χ4n) is 3.48. The lowest BCUT2D eigenvalue weighted by Gasteiger charge is -2.34. The van der Waals surface area contributed by atoms with Crippen LogP contribution in [0.25, 0.3) is 22.5 Å². The number of rotatable bonds is 5. The Morgan fingerprint density at radius 1 is 0.968 bits per heavy atom. The third-order valence-corrected chi connectivity index (χ3v) is 7.66. The maximum atomic E-state index is 12.1. The van der Waals surface area contributed by atoms with Gasteiger partial charge in [-0.2, -0.15) is 4.31 Å². The molecule has 162 valence electrons. The maximum Gasteiger partial charge on any atom is 0.213 e. The van der Waals surface area contributed by atoms with Gasteiger partial charge >= 0.3 is 0 Å². The van der Waals surface area contributed by atoms with Gasteiger partial charge in [-0.25, -0.2) is 13.4 Å². The van der Waals surface area contributed by atoms with Crippen molar-refractivity contribution in [3.63, 3.8) is 0 Å². The Balaban J connectivity index is 1.71. The summed E-state index contributed by atoms with van der Waals surface area (Å²) in [6.45, 7) is 3.58. The Kier molecular flexibility index (Phi) is 6.43. The highest BCUT2D eigenvalue weighted by Crippen LogP contribution is 2.34. The molecule has 31 heavy (non-hydrogen) atoms. The van der Waals surface area contributed by atoms with E-state index in [1.165, 1.54) is 4.31 Å². The molecule has 10 heteroatoms. The van der Waals surface area contributed by atoms with Crippen LogP contribution in [0, 0.1) is 0 Å². The molecule has 7 nitrogen and oxygen atoms in total. The quantitative estimate of drug-likeness (QED) is 0.552. The highest BCUT2D eigenvalue weighted by Gasteiger charge is 2.27. The summed E-state index contributed by atoms with van der Waals surface area (Å²) in [7, 11) is -3.19. The molecule has 0 radical (unpaired) electrons. The van der Waals surface area contributed by atoms with E-state index in [0.717, 1.165) is 11.1 Å². The van der Waals surface area contributed by atoms with Crippen LogP contribution in [0.4, 0.5) is 5.82 Å². The zero-order valence-corrected chi connectivity index (χ0v) is 19.2. The molecule has 0 amide bonds. The van der Waals surface area contributed by atoms with E-state index in [0.29, 0.717) is 53.4 Å². The molecule has 2 aromatic heterocycles. The van der Waals surface area contributed by atoms with Crippen LogP contribution in [0.2, 0.25) is 10.0 Å². The van der Waals surface area contributed by atoms with Crippen molar-refractivity contribution in [1.29, 1.82) is 0 Å². The summed E-state index contributed by atoms with van der Waals surface area (Å²) < 4.78 is 25.8. The van der Waals surface area contributed by atoms with Gasteiger partial charge in [0.1, 0.15) is 11.5 Å². The summed E-state index contributed by atoms with van der Waals surface area (Å²) in [5, 5.41) is 1.11. The van der Waals surface area contributed by atoms with Gasteiger partial charge in [0.15, 0.2) is 0 Å². The molecule has 0 saturated carbocycles. The number of piperazine rings is 1. The normalized spacial score (nSPS) is 15.3. The van der Waals surface area contributed by atoms with Gasteiger partial charge in [0.2, 0.25) is 10.0 Å². The third kappa shape index (κ3) is 4.67. The van der Waals surface area contributed by atoms with E-state index in [2.05, 4.69) is 4.98 Å². The smallest absolute Gasteiger partial charge is 0.213 e. The molecule has 3 heterocycles. The zero-order valence-electron chi connectivity index (χ0n) is 16.9. The van der Waals surface area contributed by atoms with Crippen molar-refractivity contribution in [2.75, 3.05) is 36.8 Å². The first kappa shape index (κ1) is 22.0. The van der Waals surface area contributed by atoms with Crippen LogP contribution in [-0.2, 0) is 10.0 Å². The van der Waals surface area contributed by atoms with Crippen LogP contribution in [-0.4, -0.2) is 59.6 Å². The predicted octanol–water partition coefficient (Wildman–Crippen LogP) is 3.98. The van der Waals surface area contributed by atoms with Crippen molar-refractivity contribution in [2.45, 2.75) is 6.92 Å². The first-order chi connectivity index (χ1) is 14.9. The van der Waals surface area contributed by atoms with Gasteiger partial charge in [-0.05, 0) is 25.1 Å². The van der Waals surface area contributed by atoms with Crippen LogP contribution >= 0.6 is 23.2 Å². The number of hydrogen-bond donors (Lipinski definition) is 0. The molecule has 0 bridgehead atoms. The molecule has 1 saturated heterocycles. The topological polar surface area (TPSA) is 79.3 Å². The van der Waals surface area contributed by atoms with Crippen LogP contribution in [0.15, 0.2) is 48.9 Å². The highest BCUT2D eigenvalue weighted by atomic mass is 35.5. The van der Waals surface area contributed by atoms with Gasteiger partial charge < -0.3 is 4.90 Å². The molecule has 0 unspecified atom stereocenters. The Bertz CT molecular complexity index is 1180. The highest BCUT2D eigenvalue weighted by molar-refractivity contribution is 7.89. The number of aromatic nitrogens is 3. The number of benzene rings is 1. The SMILES string of the molecule is CCS(=O)(=O)N1CCN(c2cnc(-c3ccc(Cl)cc3)c(-c3ccncc3Cl)n2)CC1. The minimum atomic E-state index is -3.19. The van der Waals surface area contributed by atoms with E-state index in [1.54, 1.807) is 43.7 Å². The molecule has 1 fully saturated rings. The van der Waals surface area contributed by atoms with Crippen molar-refractivity contribution >= 4 is 39.0 Å². The number of pyridine rings is 1. The van der Waals surface area contributed by atoms with E-state index in [9.17, 15) is 8.42 Å². The van der Waals surface area contributed by atoms with Crippen molar-refractivity contribution in [2.24, 2.45) is 0 Å². The van der Waals surface area contributed by atoms with E-state index >= 15 is 0 Å². The van der Waals surface area contributed by atoms with E-state index < -0.39 is 10.0 Å². The molecule has 0 aliphatic carbocycles. The lowest BCUT2D eigenvalue weighted by molar-refractivity contribution is 0.384. The average Bonchev–Trinajstić information content (AvgIpc) is 2.80. The van der Waals surface area contributed by atoms with Gasteiger partial charge in [0, 0.05) is 54.7 Å². The molecule has 0 spiro atoms. The first-order valence-corrected chi connectivity index (χ1v) is 12.2. The van der Waals surface area contributed by atoms with Gasteiger partial charge in [-0.3, -0.25) is 9.97 Å². The number of anilines is 1. The molecule has 0 atom stereocenters. The minimum absolute atomic E-state index is 0.104. The monoisotopic (exact) mass is 477 g/mol. The van der Waals surface area contributed by atoms with E-state index in [1.807, 2.05) is 17.0 Å². The number of sulfonamides is 1. The molecular formula is C21H21Cl2N5O2S. The Morgan fingerprint density at radius 3 is 2.32 bits per heavy atom. The fourth-order valence-corrected chi connectivity index (χ4v) is 4.90. The summed E-state index contributed by atoms with van der Waals surface area (Å²) in [4.78, 5) is 15.7. The van der Waals surface area contributed by atoms with Crippen molar-refractivity contribution < 1.29 is 8.42 Å². The van der Waals surface area contributed by atoms with Crippen molar-refractivity contribution in [1.82, 2.24) is 19.3 Å². The second-order valence-corrected chi connectivity index (χ2v) is 10.2. The lowest BCUT2D eigenvalue weighted by atomic mass is 10.0. The first-order valence-electron chi connectivity index (χ1n) is 9.84. The fraction of sp³-hybridized carbons (Fsp3) is 0.286. The molecular weight excluding hydrogens is 457 g/mol. The van der Waals surface area contributed by atoms with Crippen molar-refractivity contribution in [3.05, 3.63) is 59.0 Å². The summed E-state index contributed by atoms with van der Waals surface area (Å²) >= 11 is 12.5. The molecule has 1 aliphatic heterocycles. The number of hydrogen-bond acceptors (Lipinski definition) is 6. The Morgan fingerprint density at radius 2 is 1.68 bits per heavy atom. The van der Waals surface area contributed by atoms with Crippen LogP contribution in [0.3, 0.4) is 0 Å². The zero-order chi connectivity index (χ0) is 22.0. The van der Waals surface area contributed by atoms with E-state index in [4.69, 9.17) is 33.2 Å². The molecule has 0 N–H and O–H groups in total. The standard InChI is InChI=1S/C21H21Cl2N5O2S/c1-2-31(29,30)28-11-9-27(10-12-28)19-14-25-20(15-3-5-16(22)6-4-15)21(26-19)17-7-8-24-13-18(17)23/h3-8,13-14H,2,9-12H2,1H3. The molecule has 1 aliphatic rings. The lowest BCUT2D eigenvalue weighted by Crippen LogP contribution is -2.49. The van der Waals surface area contributed by atoms with Crippen LogP contribution < -0.4 is 4.90 Å². The summed E-state index contributed by atoms with van der Waals surface area (Å²) in [5.74, 6) is 0.780. The summed E-state index contributed by atoms with van der Waals surface area (Å²) in [6, 6.07) is 9.19. The summed E-state index contributed by atoms with van der Waals surface area (Å²) in [5.41, 5.74) is 2.91. The summed E-state index contributed by atoms with van der Waals surface area (Å²) in [6.07, 6.45) is 4.95. The number of halogens is 2. The second-order valence-electron chi connectivity index (χ2n) is 7.07. The average molecular weight is 478 g/mol. The second kappa shape index (κ2) is 9.08. The van der Waals surface area contributed by atoms with Crippen molar-refractivity contribution in [3.8, 4) is 22.5 Å². The molecule has 4 rings (SSSR count).